The Morgan fingerprint density at radius 3 is 2.50 bits per heavy atom. The molecule has 0 rings (SSSR count). The quantitative estimate of drug-likeness (QED) is 0.581. The Morgan fingerprint density at radius 1 is 1.44 bits per heavy atom. The zero-order valence-corrected chi connectivity index (χ0v) is 9.77. The first-order chi connectivity index (χ1) is 7.51. The monoisotopic (exact) mass is 232 g/mol. The van der Waals surface area contributed by atoms with E-state index in [1.807, 2.05) is 6.92 Å². The standard InChI is InChI=1S/C10H20N2O4/c1-3-12(4-5-13)10(16)11-7-8(2)6-9(14)15/h8,13H,3-7H2,1-2H3,(H,11,16)(H,14,15). The van der Waals surface area contributed by atoms with Crippen LogP contribution in [0.15, 0.2) is 0 Å². The number of urea groups is 1. The fourth-order valence-electron chi connectivity index (χ4n) is 1.27. The van der Waals surface area contributed by atoms with Crippen molar-refractivity contribution in [3.05, 3.63) is 0 Å². The Balaban J connectivity index is 3.90. The van der Waals surface area contributed by atoms with Crippen molar-refractivity contribution in [2.45, 2.75) is 20.3 Å². The maximum absolute atomic E-state index is 11.5. The third-order valence-electron chi connectivity index (χ3n) is 2.16. The minimum Gasteiger partial charge on any atom is -0.481 e. The maximum Gasteiger partial charge on any atom is 0.317 e. The van der Waals surface area contributed by atoms with Gasteiger partial charge >= 0.3 is 12.0 Å². The molecule has 6 nitrogen and oxygen atoms in total. The zero-order chi connectivity index (χ0) is 12.6. The molecule has 16 heavy (non-hydrogen) atoms. The van der Waals surface area contributed by atoms with Gasteiger partial charge in [-0.1, -0.05) is 6.92 Å². The second-order valence-electron chi connectivity index (χ2n) is 3.69. The number of carboxylic acid groups (broad SMARTS) is 1. The van der Waals surface area contributed by atoms with Gasteiger partial charge in [-0.25, -0.2) is 4.79 Å². The van der Waals surface area contributed by atoms with Gasteiger partial charge in [-0.3, -0.25) is 4.79 Å². The molecule has 6 heteroatoms. The first-order valence-electron chi connectivity index (χ1n) is 5.36. The van der Waals surface area contributed by atoms with Gasteiger partial charge in [0, 0.05) is 26.1 Å². The van der Waals surface area contributed by atoms with E-state index < -0.39 is 5.97 Å². The van der Waals surface area contributed by atoms with E-state index in [-0.39, 0.29) is 31.5 Å². The lowest BCUT2D eigenvalue weighted by Gasteiger charge is -2.21. The predicted molar refractivity (Wildman–Crippen MR) is 59.1 cm³/mol. The Bertz CT molecular complexity index is 233. The van der Waals surface area contributed by atoms with E-state index in [0.717, 1.165) is 0 Å². The Hall–Kier alpha value is -1.30. The zero-order valence-electron chi connectivity index (χ0n) is 9.77. The highest BCUT2D eigenvalue weighted by molar-refractivity contribution is 5.74. The van der Waals surface area contributed by atoms with Crippen LogP contribution in [-0.2, 0) is 4.79 Å². The van der Waals surface area contributed by atoms with Crippen molar-refractivity contribution in [2.24, 2.45) is 5.92 Å². The fourth-order valence-corrected chi connectivity index (χ4v) is 1.27. The van der Waals surface area contributed by atoms with E-state index in [9.17, 15) is 9.59 Å². The SMILES string of the molecule is CCN(CCO)C(=O)NCC(C)CC(=O)O. The lowest BCUT2D eigenvalue weighted by atomic mass is 10.1. The highest BCUT2D eigenvalue weighted by atomic mass is 16.4. The number of aliphatic hydroxyl groups excluding tert-OH is 1. The molecule has 0 spiro atoms. The molecule has 0 saturated heterocycles. The minimum absolute atomic E-state index is 0.0341. The van der Waals surface area contributed by atoms with Crippen LogP contribution in [0.1, 0.15) is 20.3 Å². The van der Waals surface area contributed by atoms with E-state index >= 15 is 0 Å². The fraction of sp³-hybridized carbons (Fsp3) is 0.800. The number of rotatable bonds is 7. The van der Waals surface area contributed by atoms with E-state index in [2.05, 4.69) is 5.32 Å². The van der Waals surface area contributed by atoms with Crippen molar-refractivity contribution in [2.75, 3.05) is 26.2 Å². The van der Waals surface area contributed by atoms with Crippen molar-refractivity contribution in [1.29, 1.82) is 0 Å². The Morgan fingerprint density at radius 2 is 2.06 bits per heavy atom. The van der Waals surface area contributed by atoms with Crippen LogP contribution >= 0.6 is 0 Å². The summed E-state index contributed by atoms with van der Waals surface area (Å²) in [7, 11) is 0. The van der Waals surface area contributed by atoms with Gasteiger partial charge in [0.15, 0.2) is 0 Å². The number of hydrogen-bond donors (Lipinski definition) is 3. The van der Waals surface area contributed by atoms with E-state index in [1.165, 1.54) is 4.90 Å². The number of aliphatic hydroxyl groups is 1. The molecule has 1 atom stereocenters. The van der Waals surface area contributed by atoms with Crippen molar-refractivity contribution < 1.29 is 19.8 Å². The van der Waals surface area contributed by atoms with Crippen molar-refractivity contribution in [3.8, 4) is 0 Å². The maximum atomic E-state index is 11.5. The van der Waals surface area contributed by atoms with Gasteiger partial charge in [0.25, 0.3) is 0 Å². The number of nitrogens with one attached hydrogen (secondary N) is 1. The van der Waals surface area contributed by atoms with Gasteiger partial charge in [0.05, 0.1) is 6.61 Å². The van der Waals surface area contributed by atoms with Crippen LogP contribution in [0.25, 0.3) is 0 Å². The van der Waals surface area contributed by atoms with E-state index in [4.69, 9.17) is 10.2 Å². The smallest absolute Gasteiger partial charge is 0.317 e. The van der Waals surface area contributed by atoms with Crippen LogP contribution in [-0.4, -0.2) is 53.4 Å². The molecule has 0 saturated carbocycles. The van der Waals surface area contributed by atoms with Crippen LogP contribution in [0.5, 0.6) is 0 Å². The van der Waals surface area contributed by atoms with Crippen LogP contribution in [0.4, 0.5) is 4.79 Å². The molecule has 1 unspecified atom stereocenters. The van der Waals surface area contributed by atoms with Crippen LogP contribution in [0.2, 0.25) is 0 Å². The van der Waals surface area contributed by atoms with Gasteiger partial charge in [-0.2, -0.15) is 0 Å². The molecule has 3 N–H and O–H groups in total. The van der Waals surface area contributed by atoms with Gasteiger partial charge in [0.1, 0.15) is 0 Å². The Kier molecular flexibility index (Phi) is 7.28. The molecular weight excluding hydrogens is 212 g/mol. The summed E-state index contributed by atoms with van der Waals surface area (Å²) in [4.78, 5) is 23.4. The van der Waals surface area contributed by atoms with Gasteiger partial charge in [-0.05, 0) is 12.8 Å². The normalized spacial score (nSPS) is 11.9. The third kappa shape index (κ3) is 6.23. The predicted octanol–water partition coefficient (Wildman–Crippen LogP) is 0.121. The average molecular weight is 232 g/mol. The first kappa shape index (κ1) is 14.7. The Labute approximate surface area is 95.2 Å². The van der Waals surface area contributed by atoms with Crippen LogP contribution < -0.4 is 5.32 Å². The number of carboxylic acids is 1. The van der Waals surface area contributed by atoms with Gasteiger partial charge < -0.3 is 20.4 Å². The lowest BCUT2D eigenvalue weighted by molar-refractivity contribution is -0.137. The summed E-state index contributed by atoms with van der Waals surface area (Å²) in [6.07, 6.45) is 0.0341. The molecule has 0 radical (unpaired) electrons. The minimum atomic E-state index is -0.871. The molecule has 0 aromatic rings. The third-order valence-corrected chi connectivity index (χ3v) is 2.16. The molecule has 0 aromatic carbocycles. The number of carbonyl (C=O) groups excluding carboxylic acids is 1. The summed E-state index contributed by atoms with van der Waals surface area (Å²) >= 11 is 0. The van der Waals surface area contributed by atoms with Gasteiger partial charge in [0.2, 0.25) is 0 Å². The summed E-state index contributed by atoms with van der Waals surface area (Å²) in [5.41, 5.74) is 0. The van der Waals surface area contributed by atoms with E-state index in [0.29, 0.717) is 13.1 Å². The molecule has 0 aromatic heterocycles. The largest absolute Gasteiger partial charge is 0.481 e. The summed E-state index contributed by atoms with van der Waals surface area (Å²) in [6, 6.07) is -0.270. The summed E-state index contributed by atoms with van der Waals surface area (Å²) < 4.78 is 0. The number of likely N-dealkylation sites (N-methyl/N-ethyl adjacent to an activating group) is 1. The molecule has 2 amide bonds. The second kappa shape index (κ2) is 7.92. The molecule has 94 valence electrons. The summed E-state index contributed by atoms with van der Waals surface area (Å²) in [6.45, 7) is 4.63. The first-order valence-corrected chi connectivity index (χ1v) is 5.36. The summed E-state index contributed by atoms with van der Waals surface area (Å²) in [5, 5.41) is 19.9. The highest BCUT2D eigenvalue weighted by Gasteiger charge is 2.13. The molecule has 0 aliphatic heterocycles. The number of aliphatic carboxylic acids is 1. The summed E-state index contributed by atoms with van der Waals surface area (Å²) in [5.74, 6) is -0.973. The van der Waals surface area contributed by atoms with E-state index in [1.54, 1.807) is 6.92 Å². The molecule has 0 aliphatic carbocycles. The molecule has 0 bridgehead atoms. The number of carbonyl (C=O) groups is 2. The van der Waals surface area contributed by atoms with Crippen LogP contribution in [0, 0.1) is 5.92 Å². The highest BCUT2D eigenvalue weighted by Crippen LogP contribution is 2.00. The molecule has 0 fully saturated rings. The molecule has 0 aliphatic rings. The second-order valence-corrected chi connectivity index (χ2v) is 3.69. The molecule has 0 heterocycles. The lowest BCUT2D eigenvalue weighted by Crippen LogP contribution is -2.42. The number of hydrogen-bond acceptors (Lipinski definition) is 3. The average Bonchev–Trinajstić information content (AvgIpc) is 2.21. The topological polar surface area (TPSA) is 89.9 Å². The molecular formula is C10H20N2O4. The van der Waals surface area contributed by atoms with Gasteiger partial charge in [-0.15, -0.1) is 0 Å². The number of amides is 2. The van der Waals surface area contributed by atoms with Crippen molar-refractivity contribution in [1.82, 2.24) is 10.2 Å². The van der Waals surface area contributed by atoms with Crippen molar-refractivity contribution in [3.63, 3.8) is 0 Å². The van der Waals surface area contributed by atoms with Crippen LogP contribution in [0.3, 0.4) is 0 Å². The van der Waals surface area contributed by atoms with Crippen molar-refractivity contribution >= 4 is 12.0 Å². The number of nitrogens with zero attached hydrogens (tertiary/aromatic N) is 1.